The molecule has 0 spiro atoms. The maximum Gasteiger partial charge on any atom is 0.204 e. The summed E-state index contributed by atoms with van der Waals surface area (Å²) >= 11 is 1.75. The van der Waals surface area contributed by atoms with Crippen LogP contribution in [0.15, 0.2) is 59.5 Å². The average Bonchev–Trinajstić information content (AvgIpc) is 3.44. The Balaban J connectivity index is 1.28. The molecule has 0 unspecified atom stereocenters. The lowest BCUT2D eigenvalue weighted by atomic mass is 10.0. The maximum atomic E-state index is 13.0. The van der Waals surface area contributed by atoms with E-state index in [1.54, 1.807) is 37.7 Å². The van der Waals surface area contributed by atoms with Gasteiger partial charge in [0.25, 0.3) is 0 Å². The Morgan fingerprint density at radius 3 is 2.58 bits per heavy atom. The number of aromatic nitrogens is 2. The molecule has 11 heteroatoms. The molecule has 2 aliphatic rings. The first-order valence-corrected chi connectivity index (χ1v) is 13.2. The number of piperazine rings is 1. The van der Waals surface area contributed by atoms with E-state index >= 15 is 0 Å². The summed E-state index contributed by atoms with van der Waals surface area (Å²) in [6, 6.07) is 7.68. The van der Waals surface area contributed by atoms with Crippen molar-refractivity contribution in [3.8, 4) is 11.5 Å². The Kier molecular flexibility index (Phi) is 7.97. The van der Waals surface area contributed by atoms with Crippen LogP contribution in [0.4, 0.5) is 5.82 Å². The van der Waals surface area contributed by atoms with Gasteiger partial charge in [0, 0.05) is 68.3 Å². The molecule has 1 fully saturated rings. The number of carbonyl (C=O) groups is 2. The molecular weight excluding hydrogens is 506 g/mol. The molecule has 1 saturated heterocycles. The van der Waals surface area contributed by atoms with Crippen molar-refractivity contribution in [1.82, 2.24) is 19.8 Å². The number of anilines is 1. The molecule has 1 N–H and O–H groups in total. The number of ketones is 2. The Morgan fingerprint density at radius 2 is 1.84 bits per heavy atom. The number of nitrogens with one attached hydrogen (secondary N) is 1. The van der Waals surface area contributed by atoms with Gasteiger partial charge in [-0.05, 0) is 17.5 Å². The van der Waals surface area contributed by atoms with Crippen molar-refractivity contribution in [2.75, 3.05) is 58.9 Å². The van der Waals surface area contributed by atoms with Crippen molar-refractivity contribution < 1.29 is 23.8 Å². The van der Waals surface area contributed by atoms with Gasteiger partial charge in [-0.25, -0.2) is 9.97 Å². The van der Waals surface area contributed by atoms with Gasteiger partial charge in [-0.2, -0.15) is 0 Å². The summed E-state index contributed by atoms with van der Waals surface area (Å²) in [6.07, 6.45) is 4.16. The third-order valence-corrected chi connectivity index (χ3v) is 7.31. The molecule has 38 heavy (non-hydrogen) atoms. The lowest BCUT2D eigenvalue weighted by molar-refractivity contribution is -0.116. The number of nitrogens with zero attached hydrogens (tertiary/aromatic N) is 4. The first-order valence-electron chi connectivity index (χ1n) is 12.3. The van der Waals surface area contributed by atoms with Crippen molar-refractivity contribution in [2.24, 2.45) is 0 Å². The van der Waals surface area contributed by atoms with E-state index < -0.39 is 0 Å². The molecule has 5 rings (SSSR count). The largest absolute Gasteiger partial charge is 0.493 e. The van der Waals surface area contributed by atoms with E-state index in [4.69, 9.17) is 14.2 Å². The van der Waals surface area contributed by atoms with Gasteiger partial charge in [-0.3, -0.25) is 14.5 Å². The third-order valence-electron chi connectivity index (χ3n) is 6.45. The number of carbonyl (C=O) groups excluding carboxylic acids is 2. The van der Waals surface area contributed by atoms with Crippen LogP contribution in [-0.2, 0) is 20.9 Å². The van der Waals surface area contributed by atoms with Crippen LogP contribution >= 0.6 is 11.3 Å². The van der Waals surface area contributed by atoms with Crippen molar-refractivity contribution >= 4 is 39.6 Å². The molecule has 0 amide bonds. The molecule has 2 aromatic heterocycles. The minimum absolute atomic E-state index is 0.162. The highest BCUT2D eigenvalue weighted by atomic mass is 32.1. The fourth-order valence-electron chi connectivity index (χ4n) is 4.46. The Labute approximate surface area is 224 Å². The summed E-state index contributed by atoms with van der Waals surface area (Å²) in [5.41, 5.74) is 1.19. The minimum atomic E-state index is -0.279. The molecule has 198 valence electrons. The smallest absolute Gasteiger partial charge is 0.204 e. The predicted molar refractivity (Wildman–Crippen MR) is 144 cm³/mol. The van der Waals surface area contributed by atoms with E-state index in [0.717, 1.165) is 19.6 Å². The first-order chi connectivity index (χ1) is 18.6. The fraction of sp³-hybridized carbons (Fsp3) is 0.333. The molecule has 0 atom stereocenters. The second-order valence-electron chi connectivity index (χ2n) is 8.87. The minimum Gasteiger partial charge on any atom is -0.493 e. The Hall–Kier alpha value is -3.80. The van der Waals surface area contributed by atoms with Crippen LogP contribution in [0.25, 0.3) is 10.9 Å². The molecule has 0 radical (unpaired) electrons. The van der Waals surface area contributed by atoms with Crippen molar-refractivity contribution in [3.63, 3.8) is 0 Å². The number of thiophene rings is 1. The molecule has 1 aromatic carbocycles. The zero-order valence-corrected chi connectivity index (χ0v) is 22.1. The molecule has 0 bridgehead atoms. The molecule has 0 saturated carbocycles. The second kappa shape index (κ2) is 11.7. The van der Waals surface area contributed by atoms with E-state index in [9.17, 15) is 9.59 Å². The van der Waals surface area contributed by atoms with Crippen molar-refractivity contribution in [3.05, 3.63) is 64.4 Å². The van der Waals surface area contributed by atoms with Crippen LogP contribution in [-0.4, -0.2) is 84.9 Å². The van der Waals surface area contributed by atoms with Crippen LogP contribution in [0.1, 0.15) is 4.88 Å². The zero-order valence-electron chi connectivity index (χ0n) is 21.3. The molecule has 10 nitrogen and oxygen atoms in total. The highest BCUT2D eigenvalue weighted by Crippen LogP contribution is 2.34. The van der Waals surface area contributed by atoms with E-state index in [1.807, 2.05) is 4.90 Å². The summed E-state index contributed by atoms with van der Waals surface area (Å²) in [5.74, 6) is 0.922. The van der Waals surface area contributed by atoms with Gasteiger partial charge in [-0.15, -0.1) is 11.3 Å². The first kappa shape index (κ1) is 25.8. The predicted octanol–water partition coefficient (Wildman–Crippen LogP) is 2.87. The number of allylic oxidation sites excluding steroid dienone is 2. The highest BCUT2D eigenvalue weighted by molar-refractivity contribution is 7.09. The second-order valence-corrected chi connectivity index (χ2v) is 9.90. The van der Waals surface area contributed by atoms with Crippen LogP contribution in [0.2, 0.25) is 0 Å². The topological polar surface area (TPSA) is 106 Å². The maximum absolute atomic E-state index is 13.0. The Bertz CT molecular complexity index is 1380. The van der Waals surface area contributed by atoms with E-state index in [1.165, 1.54) is 23.4 Å². The molecule has 1 aliphatic carbocycles. The monoisotopic (exact) mass is 535 g/mol. The summed E-state index contributed by atoms with van der Waals surface area (Å²) < 4.78 is 16.3. The van der Waals surface area contributed by atoms with Crippen molar-refractivity contribution in [1.29, 1.82) is 0 Å². The Morgan fingerprint density at radius 1 is 1.00 bits per heavy atom. The van der Waals surface area contributed by atoms with Gasteiger partial charge < -0.3 is 24.4 Å². The summed E-state index contributed by atoms with van der Waals surface area (Å²) in [4.78, 5) is 40.4. The summed E-state index contributed by atoms with van der Waals surface area (Å²) in [5, 5.41) is 5.74. The molecule has 3 heterocycles. The average molecular weight is 536 g/mol. The number of methoxy groups -OCH3 is 2. The van der Waals surface area contributed by atoms with E-state index in [2.05, 4.69) is 37.7 Å². The van der Waals surface area contributed by atoms with Crippen LogP contribution in [0.5, 0.6) is 11.5 Å². The van der Waals surface area contributed by atoms with Gasteiger partial charge in [0.05, 0.1) is 30.6 Å². The summed E-state index contributed by atoms with van der Waals surface area (Å²) in [7, 11) is 3.14. The zero-order chi connectivity index (χ0) is 26.5. The van der Waals surface area contributed by atoms with Gasteiger partial charge >= 0.3 is 0 Å². The SMILES string of the molecule is COCCOc1cc2ncnc(NC3=CC(=O)C(N4CCN(Cc5cccs5)CC4)=CC3=O)c2cc1OC. The van der Waals surface area contributed by atoms with Crippen molar-refractivity contribution in [2.45, 2.75) is 6.54 Å². The van der Waals surface area contributed by atoms with Crippen LogP contribution in [0, 0.1) is 0 Å². The normalized spacial score (nSPS) is 16.4. The number of hydrogen-bond donors (Lipinski definition) is 1. The lowest BCUT2D eigenvalue weighted by Gasteiger charge is -2.37. The van der Waals surface area contributed by atoms with E-state index in [-0.39, 0.29) is 17.3 Å². The number of fused-ring (bicyclic) bond motifs is 1. The fourth-order valence-corrected chi connectivity index (χ4v) is 5.21. The summed E-state index contributed by atoms with van der Waals surface area (Å²) in [6.45, 7) is 4.74. The molecule has 3 aromatic rings. The van der Waals surface area contributed by atoms with Gasteiger partial charge in [0.2, 0.25) is 11.6 Å². The number of ether oxygens (including phenoxy) is 3. The quantitative estimate of drug-likeness (QED) is 0.308. The standard InChI is InChI=1S/C27H29N5O5S/c1-35-9-10-37-26-14-20-19(12-25(26)36-2)27(29-17-28-20)30-21-13-24(34)22(15-23(21)33)32-7-5-31(6-8-32)16-18-4-3-11-38-18/h3-4,11-15,17H,5-10,16H2,1-2H3,(H,28,29,30). The third kappa shape index (κ3) is 5.69. The van der Waals surface area contributed by atoms with Crippen LogP contribution < -0.4 is 14.8 Å². The lowest BCUT2D eigenvalue weighted by Crippen LogP contribution is -2.46. The van der Waals surface area contributed by atoms with Gasteiger partial charge in [0.1, 0.15) is 18.8 Å². The van der Waals surface area contributed by atoms with Crippen LogP contribution in [0.3, 0.4) is 0 Å². The molecular formula is C27H29N5O5S. The number of benzene rings is 1. The molecule has 1 aliphatic heterocycles. The number of hydrogen-bond acceptors (Lipinski definition) is 11. The van der Waals surface area contributed by atoms with E-state index in [0.29, 0.717) is 60.2 Å². The van der Waals surface area contributed by atoms with Gasteiger partial charge in [-0.1, -0.05) is 6.07 Å². The highest BCUT2D eigenvalue weighted by Gasteiger charge is 2.28. The van der Waals surface area contributed by atoms with Gasteiger partial charge in [0.15, 0.2) is 11.5 Å². The number of rotatable bonds is 10.